The second-order valence-electron chi connectivity index (χ2n) is 6.29. The number of halogens is 1. The minimum atomic E-state index is -3.92. The summed E-state index contributed by atoms with van der Waals surface area (Å²) in [5.41, 5.74) is 0.657. The Morgan fingerprint density at radius 2 is 1.53 bits per heavy atom. The molecule has 0 aliphatic carbocycles. The quantitative estimate of drug-likeness (QED) is 0.436. The Bertz CT molecular complexity index is 1180. The van der Waals surface area contributed by atoms with Crippen LogP contribution in [-0.4, -0.2) is 19.2 Å². The molecule has 3 aromatic carbocycles. The van der Waals surface area contributed by atoms with Crippen LogP contribution in [0.2, 0.25) is 0 Å². The number of amides is 1. The lowest BCUT2D eigenvalue weighted by atomic mass is 10.2. The van der Waals surface area contributed by atoms with Crippen molar-refractivity contribution in [1.29, 1.82) is 0 Å². The average Bonchev–Trinajstić information content (AvgIpc) is 2.70. The van der Waals surface area contributed by atoms with Crippen molar-refractivity contribution in [1.82, 2.24) is 0 Å². The van der Waals surface area contributed by atoms with Crippen molar-refractivity contribution in [3.63, 3.8) is 0 Å². The normalized spacial score (nSPS) is 11.0. The molecule has 0 heterocycles. The fourth-order valence-corrected chi connectivity index (χ4v) is 3.88. The van der Waals surface area contributed by atoms with Gasteiger partial charge in [-0.25, -0.2) is 12.8 Å². The van der Waals surface area contributed by atoms with Crippen molar-refractivity contribution in [2.75, 3.05) is 10.0 Å². The second kappa shape index (κ2) is 8.70. The van der Waals surface area contributed by atoms with Gasteiger partial charge in [-0.3, -0.25) is 19.6 Å². The number of nitro groups is 1. The molecule has 1 amide bonds. The predicted molar refractivity (Wildman–Crippen MR) is 110 cm³/mol. The van der Waals surface area contributed by atoms with E-state index >= 15 is 0 Å². The van der Waals surface area contributed by atoms with Crippen molar-refractivity contribution in [3.05, 3.63) is 99.9 Å². The Kier molecular flexibility index (Phi) is 6.07. The van der Waals surface area contributed by atoms with Crippen molar-refractivity contribution in [2.24, 2.45) is 0 Å². The SMILES string of the molecule is O=C(Nc1ccc(F)cc1)c1ccc(NS(=O)(=O)Cc2ccccc2[N+](=O)[O-])cc1. The highest BCUT2D eigenvalue weighted by Gasteiger charge is 2.20. The summed E-state index contributed by atoms with van der Waals surface area (Å²) in [6.45, 7) is 0. The van der Waals surface area contributed by atoms with Crippen molar-refractivity contribution in [2.45, 2.75) is 5.75 Å². The molecular weight excluding hydrogens is 413 g/mol. The molecule has 30 heavy (non-hydrogen) atoms. The number of hydrogen-bond donors (Lipinski definition) is 2. The van der Waals surface area contributed by atoms with E-state index < -0.39 is 32.4 Å². The lowest BCUT2D eigenvalue weighted by Crippen LogP contribution is -2.16. The van der Waals surface area contributed by atoms with Crippen LogP contribution in [-0.2, 0) is 15.8 Å². The zero-order chi connectivity index (χ0) is 21.7. The molecule has 0 unspecified atom stereocenters. The van der Waals surface area contributed by atoms with Crippen molar-refractivity contribution in [3.8, 4) is 0 Å². The summed E-state index contributed by atoms with van der Waals surface area (Å²) in [6, 6.07) is 16.5. The maximum absolute atomic E-state index is 12.9. The molecule has 0 bridgehead atoms. The van der Waals surface area contributed by atoms with E-state index in [0.29, 0.717) is 5.69 Å². The number of para-hydroxylation sites is 1. The minimum Gasteiger partial charge on any atom is -0.322 e. The van der Waals surface area contributed by atoms with Crippen molar-refractivity contribution < 1.29 is 22.5 Å². The lowest BCUT2D eigenvalue weighted by Gasteiger charge is -2.10. The lowest BCUT2D eigenvalue weighted by molar-refractivity contribution is -0.385. The Balaban J connectivity index is 1.68. The standard InChI is InChI=1S/C20H16FN3O5S/c21-16-7-11-17(12-8-16)22-20(25)14-5-9-18(10-6-14)23-30(28,29)13-15-3-1-2-4-19(15)24(26)27/h1-12,23H,13H2,(H,22,25). The monoisotopic (exact) mass is 429 g/mol. The van der Waals surface area contributed by atoms with E-state index in [0.717, 1.165) is 0 Å². The second-order valence-corrected chi connectivity index (χ2v) is 8.01. The molecule has 3 rings (SSSR count). The van der Waals surface area contributed by atoms with Crippen LogP contribution in [0.3, 0.4) is 0 Å². The molecule has 0 atom stereocenters. The number of rotatable bonds is 7. The van der Waals surface area contributed by atoms with Crippen LogP contribution in [0.15, 0.2) is 72.8 Å². The van der Waals surface area contributed by atoms with Crippen LogP contribution in [0, 0.1) is 15.9 Å². The van der Waals surface area contributed by atoms with E-state index in [1.54, 1.807) is 0 Å². The number of anilines is 2. The molecule has 0 aromatic heterocycles. The molecule has 0 saturated heterocycles. The fraction of sp³-hybridized carbons (Fsp3) is 0.0500. The number of nitro benzene ring substituents is 1. The summed E-state index contributed by atoms with van der Waals surface area (Å²) in [6.07, 6.45) is 0. The maximum atomic E-state index is 12.9. The zero-order valence-corrected chi connectivity index (χ0v) is 16.2. The van der Waals surface area contributed by atoms with E-state index in [4.69, 9.17) is 0 Å². The van der Waals surface area contributed by atoms with Crippen LogP contribution in [0.25, 0.3) is 0 Å². The number of hydrogen-bond acceptors (Lipinski definition) is 5. The summed E-state index contributed by atoms with van der Waals surface area (Å²) >= 11 is 0. The fourth-order valence-electron chi connectivity index (χ4n) is 2.66. The van der Waals surface area contributed by atoms with E-state index in [1.165, 1.54) is 72.8 Å². The predicted octanol–water partition coefficient (Wildman–Crippen LogP) is 3.93. The van der Waals surface area contributed by atoms with E-state index in [9.17, 15) is 27.7 Å². The highest BCUT2D eigenvalue weighted by Crippen LogP contribution is 2.21. The Hall–Kier alpha value is -3.79. The van der Waals surface area contributed by atoms with Gasteiger partial charge in [0, 0.05) is 28.6 Å². The number of carbonyl (C=O) groups is 1. The topological polar surface area (TPSA) is 118 Å². The van der Waals surface area contributed by atoms with E-state index in [2.05, 4.69) is 10.0 Å². The van der Waals surface area contributed by atoms with Gasteiger partial charge >= 0.3 is 0 Å². The summed E-state index contributed by atoms with van der Waals surface area (Å²) in [4.78, 5) is 22.6. The number of benzene rings is 3. The van der Waals surface area contributed by atoms with Gasteiger partial charge in [-0.05, 0) is 48.5 Å². The zero-order valence-electron chi connectivity index (χ0n) is 15.4. The molecule has 3 aromatic rings. The first-order valence-electron chi connectivity index (χ1n) is 8.63. The first-order chi connectivity index (χ1) is 14.2. The molecule has 0 aliphatic rings. The van der Waals surface area contributed by atoms with Crippen LogP contribution < -0.4 is 10.0 Å². The number of carbonyl (C=O) groups excluding carboxylic acids is 1. The molecule has 0 saturated carbocycles. The van der Waals surface area contributed by atoms with Crippen LogP contribution in [0.4, 0.5) is 21.5 Å². The smallest absolute Gasteiger partial charge is 0.273 e. The van der Waals surface area contributed by atoms with Gasteiger partial charge in [-0.2, -0.15) is 0 Å². The molecular formula is C20H16FN3O5S. The van der Waals surface area contributed by atoms with Crippen LogP contribution in [0.5, 0.6) is 0 Å². The first kappa shape index (κ1) is 20.9. The summed E-state index contributed by atoms with van der Waals surface area (Å²) < 4.78 is 40.0. The summed E-state index contributed by atoms with van der Waals surface area (Å²) in [5.74, 6) is -1.45. The number of nitrogens with zero attached hydrogens (tertiary/aromatic N) is 1. The molecule has 10 heteroatoms. The molecule has 0 aliphatic heterocycles. The van der Waals surface area contributed by atoms with Crippen LogP contribution >= 0.6 is 0 Å². The molecule has 8 nitrogen and oxygen atoms in total. The Morgan fingerprint density at radius 3 is 2.17 bits per heavy atom. The van der Waals surface area contributed by atoms with Gasteiger partial charge in [0.1, 0.15) is 11.6 Å². The largest absolute Gasteiger partial charge is 0.322 e. The maximum Gasteiger partial charge on any atom is 0.273 e. The van der Waals surface area contributed by atoms with Gasteiger partial charge in [0.15, 0.2) is 0 Å². The van der Waals surface area contributed by atoms with Crippen molar-refractivity contribution >= 4 is 33.0 Å². The van der Waals surface area contributed by atoms with Gasteiger partial charge in [-0.15, -0.1) is 0 Å². The van der Waals surface area contributed by atoms with E-state index in [-0.39, 0.29) is 22.5 Å². The first-order valence-corrected chi connectivity index (χ1v) is 10.3. The van der Waals surface area contributed by atoms with Gasteiger partial charge < -0.3 is 5.32 Å². The molecule has 0 fully saturated rings. The third-order valence-corrected chi connectivity index (χ3v) is 5.29. The highest BCUT2D eigenvalue weighted by atomic mass is 32.2. The summed E-state index contributed by atoms with van der Waals surface area (Å²) in [5, 5.41) is 13.6. The molecule has 0 radical (unpaired) electrons. The van der Waals surface area contributed by atoms with E-state index in [1.807, 2.05) is 0 Å². The highest BCUT2D eigenvalue weighted by molar-refractivity contribution is 7.91. The number of sulfonamides is 1. The third kappa shape index (κ3) is 5.39. The average molecular weight is 429 g/mol. The van der Waals surface area contributed by atoms with Gasteiger partial charge in [0.2, 0.25) is 10.0 Å². The number of nitrogens with one attached hydrogen (secondary N) is 2. The summed E-state index contributed by atoms with van der Waals surface area (Å²) in [7, 11) is -3.92. The van der Waals surface area contributed by atoms with Crippen LogP contribution in [0.1, 0.15) is 15.9 Å². The van der Waals surface area contributed by atoms with Gasteiger partial charge in [0.25, 0.3) is 11.6 Å². The Morgan fingerprint density at radius 1 is 0.933 bits per heavy atom. The Labute approximate surface area is 171 Å². The minimum absolute atomic E-state index is 0.0605. The van der Waals surface area contributed by atoms with Gasteiger partial charge in [0.05, 0.1) is 4.92 Å². The third-order valence-electron chi connectivity index (χ3n) is 4.06. The molecule has 0 spiro atoms. The molecule has 154 valence electrons. The van der Waals surface area contributed by atoms with Gasteiger partial charge in [-0.1, -0.05) is 18.2 Å². The molecule has 2 N–H and O–H groups in total.